The highest BCUT2D eigenvalue weighted by Gasteiger charge is 2.14. The summed E-state index contributed by atoms with van der Waals surface area (Å²) in [6.45, 7) is 6.31. The fourth-order valence-corrected chi connectivity index (χ4v) is 1.07. The Balaban J connectivity index is 2.32. The molecule has 0 saturated carbocycles. The Morgan fingerprint density at radius 2 is 2.18 bits per heavy atom. The lowest BCUT2D eigenvalue weighted by atomic mass is 10.3. The summed E-state index contributed by atoms with van der Waals surface area (Å²) in [5, 5.41) is 0. The first-order chi connectivity index (χ1) is 5.34. The van der Waals surface area contributed by atoms with Crippen molar-refractivity contribution in [3.05, 3.63) is 12.7 Å². The SMILES string of the molecule is C=CCC(=O)N1CCOCC1. The maximum atomic E-state index is 11.2. The molecule has 0 unspecified atom stereocenters. The van der Waals surface area contributed by atoms with E-state index in [0.717, 1.165) is 13.1 Å². The minimum absolute atomic E-state index is 0.156. The molecule has 0 atom stereocenters. The van der Waals surface area contributed by atoms with Gasteiger partial charge in [0.05, 0.1) is 13.2 Å². The summed E-state index contributed by atoms with van der Waals surface area (Å²) in [6.07, 6.45) is 2.08. The van der Waals surface area contributed by atoms with E-state index in [9.17, 15) is 4.79 Å². The summed E-state index contributed by atoms with van der Waals surface area (Å²) in [7, 11) is 0. The van der Waals surface area contributed by atoms with Gasteiger partial charge in [-0.15, -0.1) is 6.58 Å². The quantitative estimate of drug-likeness (QED) is 0.541. The van der Waals surface area contributed by atoms with Gasteiger partial charge in [0.25, 0.3) is 0 Å². The molecule has 0 aliphatic carbocycles. The minimum Gasteiger partial charge on any atom is -0.378 e. The molecule has 3 heteroatoms. The van der Waals surface area contributed by atoms with Crippen molar-refractivity contribution in [1.82, 2.24) is 4.90 Å². The molecule has 1 saturated heterocycles. The van der Waals surface area contributed by atoms with E-state index in [2.05, 4.69) is 6.58 Å². The number of hydrogen-bond acceptors (Lipinski definition) is 2. The number of hydrogen-bond donors (Lipinski definition) is 0. The first-order valence-corrected chi connectivity index (χ1v) is 3.81. The lowest BCUT2D eigenvalue weighted by Crippen LogP contribution is -2.40. The zero-order valence-corrected chi connectivity index (χ0v) is 6.58. The van der Waals surface area contributed by atoms with Gasteiger partial charge >= 0.3 is 0 Å². The fourth-order valence-electron chi connectivity index (χ4n) is 1.07. The molecule has 0 radical (unpaired) electrons. The molecule has 0 aromatic carbocycles. The summed E-state index contributed by atoms with van der Waals surface area (Å²) < 4.78 is 5.11. The molecule has 1 rings (SSSR count). The number of rotatable bonds is 2. The summed E-state index contributed by atoms with van der Waals surface area (Å²) in [4.78, 5) is 13.0. The van der Waals surface area contributed by atoms with Crippen LogP contribution in [-0.4, -0.2) is 37.1 Å². The smallest absolute Gasteiger partial charge is 0.226 e. The van der Waals surface area contributed by atoms with E-state index in [1.807, 2.05) is 4.90 Å². The molecule has 1 amide bonds. The van der Waals surface area contributed by atoms with Crippen molar-refractivity contribution in [1.29, 1.82) is 0 Å². The fraction of sp³-hybridized carbons (Fsp3) is 0.625. The van der Waals surface area contributed by atoms with Crippen LogP contribution in [0.5, 0.6) is 0 Å². The second kappa shape index (κ2) is 4.13. The average molecular weight is 155 g/mol. The lowest BCUT2D eigenvalue weighted by Gasteiger charge is -2.26. The van der Waals surface area contributed by atoms with Gasteiger partial charge in [-0.3, -0.25) is 4.79 Å². The highest BCUT2D eigenvalue weighted by Crippen LogP contribution is 1.99. The monoisotopic (exact) mass is 155 g/mol. The molecule has 3 nitrogen and oxygen atoms in total. The first kappa shape index (κ1) is 8.27. The molecule has 1 aliphatic heterocycles. The predicted molar refractivity (Wildman–Crippen MR) is 42.2 cm³/mol. The van der Waals surface area contributed by atoms with Crippen LogP contribution < -0.4 is 0 Å². The van der Waals surface area contributed by atoms with Crippen molar-refractivity contribution < 1.29 is 9.53 Å². The van der Waals surface area contributed by atoms with Crippen LogP contribution >= 0.6 is 0 Å². The number of nitrogens with zero attached hydrogens (tertiary/aromatic N) is 1. The standard InChI is InChI=1S/C8H13NO2/c1-2-3-8(10)9-4-6-11-7-5-9/h2H,1,3-7H2. The van der Waals surface area contributed by atoms with E-state index in [-0.39, 0.29) is 5.91 Å². The van der Waals surface area contributed by atoms with Crippen LogP contribution in [-0.2, 0) is 9.53 Å². The van der Waals surface area contributed by atoms with Crippen molar-refractivity contribution >= 4 is 5.91 Å². The molecule has 1 fully saturated rings. The van der Waals surface area contributed by atoms with Crippen molar-refractivity contribution in [2.75, 3.05) is 26.3 Å². The van der Waals surface area contributed by atoms with Gasteiger partial charge in [0.2, 0.25) is 5.91 Å². The zero-order chi connectivity index (χ0) is 8.10. The molecule has 0 N–H and O–H groups in total. The lowest BCUT2D eigenvalue weighted by molar-refractivity contribution is -0.134. The third kappa shape index (κ3) is 2.35. The van der Waals surface area contributed by atoms with Gasteiger partial charge in [-0.05, 0) is 0 Å². The van der Waals surface area contributed by atoms with Crippen LogP contribution in [0.2, 0.25) is 0 Å². The number of carbonyl (C=O) groups excluding carboxylic acids is 1. The van der Waals surface area contributed by atoms with Crippen LogP contribution in [0.25, 0.3) is 0 Å². The van der Waals surface area contributed by atoms with E-state index in [4.69, 9.17) is 4.74 Å². The Morgan fingerprint density at radius 3 is 2.73 bits per heavy atom. The van der Waals surface area contributed by atoms with E-state index >= 15 is 0 Å². The molecule has 0 spiro atoms. The van der Waals surface area contributed by atoms with Crippen LogP contribution in [0, 0.1) is 0 Å². The third-order valence-electron chi connectivity index (χ3n) is 1.68. The maximum absolute atomic E-state index is 11.2. The second-order valence-electron chi connectivity index (χ2n) is 2.49. The van der Waals surface area contributed by atoms with Crippen molar-refractivity contribution in [2.24, 2.45) is 0 Å². The van der Waals surface area contributed by atoms with Gasteiger partial charge < -0.3 is 9.64 Å². The number of amides is 1. The Bertz CT molecular complexity index is 150. The topological polar surface area (TPSA) is 29.5 Å². The summed E-state index contributed by atoms with van der Waals surface area (Å²) in [5.41, 5.74) is 0. The van der Waals surface area contributed by atoms with Gasteiger partial charge in [0, 0.05) is 19.5 Å². The van der Waals surface area contributed by atoms with Crippen LogP contribution in [0.1, 0.15) is 6.42 Å². The molecule has 11 heavy (non-hydrogen) atoms. The Labute approximate surface area is 66.6 Å². The molecular formula is C8H13NO2. The van der Waals surface area contributed by atoms with Crippen molar-refractivity contribution in [2.45, 2.75) is 6.42 Å². The average Bonchev–Trinajstić information content (AvgIpc) is 2.07. The summed E-state index contributed by atoms with van der Waals surface area (Å²) in [5.74, 6) is 0.156. The number of morpholine rings is 1. The predicted octanol–water partition coefficient (Wildman–Crippen LogP) is 0.421. The normalized spacial score (nSPS) is 18.0. The molecule has 0 aromatic rings. The summed E-state index contributed by atoms with van der Waals surface area (Å²) in [6, 6.07) is 0. The van der Waals surface area contributed by atoms with Gasteiger partial charge in [-0.25, -0.2) is 0 Å². The van der Waals surface area contributed by atoms with Gasteiger partial charge in [0.1, 0.15) is 0 Å². The molecule has 0 aromatic heterocycles. The van der Waals surface area contributed by atoms with E-state index in [1.54, 1.807) is 6.08 Å². The third-order valence-corrected chi connectivity index (χ3v) is 1.68. The Hall–Kier alpha value is -0.830. The molecule has 1 heterocycles. The van der Waals surface area contributed by atoms with Crippen LogP contribution in [0.3, 0.4) is 0 Å². The van der Waals surface area contributed by atoms with E-state index in [1.165, 1.54) is 0 Å². The Kier molecular flexibility index (Phi) is 3.11. The molecule has 0 bridgehead atoms. The minimum atomic E-state index is 0.156. The van der Waals surface area contributed by atoms with E-state index < -0.39 is 0 Å². The van der Waals surface area contributed by atoms with Gasteiger partial charge in [0.15, 0.2) is 0 Å². The van der Waals surface area contributed by atoms with Crippen LogP contribution in [0.15, 0.2) is 12.7 Å². The van der Waals surface area contributed by atoms with Crippen molar-refractivity contribution in [3.63, 3.8) is 0 Å². The largest absolute Gasteiger partial charge is 0.378 e. The van der Waals surface area contributed by atoms with E-state index in [0.29, 0.717) is 19.6 Å². The molecular weight excluding hydrogens is 142 g/mol. The molecule has 1 aliphatic rings. The zero-order valence-electron chi connectivity index (χ0n) is 6.58. The highest BCUT2D eigenvalue weighted by molar-refractivity contribution is 5.77. The summed E-state index contributed by atoms with van der Waals surface area (Å²) >= 11 is 0. The van der Waals surface area contributed by atoms with Crippen LogP contribution in [0.4, 0.5) is 0 Å². The number of carbonyl (C=O) groups is 1. The number of ether oxygens (including phenoxy) is 1. The van der Waals surface area contributed by atoms with Gasteiger partial charge in [-0.2, -0.15) is 0 Å². The highest BCUT2D eigenvalue weighted by atomic mass is 16.5. The Morgan fingerprint density at radius 1 is 1.55 bits per heavy atom. The first-order valence-electron chi connectivity index (χ1n) is 3.81. The second-order valence-corrected chi connectivity index (χ2v) is 2.49. The molecule has 62 valence electrons. The van der Waals surface area contributed by atoms with Gasteiger partial charge in [-0.1, -0.05) is 6.08 Å². The van der Waals surface area contributed by atoms with Crippen molar-refractivity contribution in [3.8, 4) is 0 Å². The maximum Gasteiger partial charge on any atom is 0.226 e.